The lowest BCUT2D eigenvalue weighted by Gasteiger charge is -2.74. The van der Waals surface area contributed by atoms with E-state index in [1.807, 2.05) is 0 Å². The highest BCUT2D eigenvalue weighted by Gasteiger charge is 2.78. The van der Waals surface area contributed by atoms with Crippen LogP contribution in [0, 0.1) is 10.8 Å². The van der Waals surface area contributed by atoms with E-state index in [4.69, 9.17) is 32.7 Å². The summed E-state index contributed by atoms with van der Waals surface area (Å²) < 4.78 is 11.8. The van der Waals surface area contributed by atoms with Crippen molar-refractivity contribution in [2.75, 3.05) is 13.2 Å². The number of unbranched alkanes of at least 4 members (excludes halogenated alkanes) is 14. The number of ether oxygens (including phenoxy) is 2. The Balaban J connectivity index is 1.28. The van der Waals surface area contributed by atoms with Crippen molar-refractivity contribution in [1.82, 2.24) is 0 Å². The van der Waals surface area contributed by atoms with Crippen LogP contribution in [-0.2, 0) is 5.41 Å². The van der Waals surface area contributed by atoms with Crippen LogP contribution >= 0.6 is 23.2 Å². The molecule has 3 aliphatic rings. The molecule has 3 aliphatic carbocycles. The predicted molar refractivity (Wildman–Crippen MR) is 215 cm³/mol. The first-order valence-electron chi connectivity index (χ1n) is 21.3. The Morgan fingerprint density at radius 1 is 0.480 bits per heavy atom. The van der Waals surface area contributed by atoms with Crippen LogP contribution in [0.4, 0.5) is 0 Å². The number of hydrogen-bond acceptors (Lipinski definition) is 2. The molecule has 4 heteroatoms. The number of hydrogen-bond donors (Lipinski definition) is 0. The highest BCUT2D eigenvalue weighted by Crippen LogP contribution is 2.81. The molecule has 1 atom stereocenters. The first-order chi connectivity index (χ1) is 24.4. The molecular weight excluding hydrogens is 655 g/mol. The van der Waals surface area contributed by atoms with Crippen LogP contribution < -0.4 is 9.47 Å². The normalized spacial score (nSPS) is 22.0. The van der Waals surface area contributed by atoms with E-state index in [9.17, 15) is 0 Å². The van der Waals surface area contributed by atoms with Crippen LogP contribution in [0.3, 0.4) is 0 Å². The maximum absolute atomic E-state index is 7.83. The molecule has 2 nitrogen and oxygen atoms in total. The van der Waals surface area contributed by atoms with Crippen molar-refractivity contribution in [3.05, 3.63) is 59.7 Å². The van der Waals surface area contributed by atoms with Crippen molar-refractivity contribution in [3.63, 3.8) is 0 Å². The van der Waals surface area contributed by atoms with Gasteiger partial charge in [-0.25, -0.2) is 0 Å². The summed E-state index contributed by atoms with van der Waals surface area (Å²) in [6.45, 7) is 6.15. The van der Waals surface area contributed by atoms with Crippen molar-refractivity contribution in [1.29, 1.82) is 0 Å². The zero-order valence-electron chi connectivity index (χ0n) is 32.0. The molecule has 0 saturated heterocycles. The van der Waals surface area contributed by atoms with Crippen LogP contribution in [0.15, 0.2) is 48.5 Å². The second-order valence-electron chi connectivity index (χ2n) is 16.5. The summed E-state index contributed by atoms with van der Waals surface area (Å²) in [4.78, 5) is 0. The Kier molecular flexibility index (Phi) is 15.6. The molecule has 2 spiro atoms. The fourth-order valence-electron chi connectivity index (χ4n) is 10.4. The third-order valence-electron chi connectivity index (χ3n) is 13.2. The van der Waals surface area contributed by atoms with Crippen molar-refractivity contribution in [3.8, 4) is 11.5 Å². The summed E-state index contributed by atoms with van der Waals surface area (Å²) in [5, 5.41) is 0. The molecule has 0 aromatic heterocycles. The fourth-order valence-corrected chi connectivity index (χ4v) is 11.5. The second kappa shape index (κ2) is 19.6. The third-order valence-corrected chi connectivity index (χ3v) is 14.7. The molecule has 1 unspecified atom stereocenters. The van der Waals surface area contributed by atoms with E-state index in [0.29, 0.717) is 0 Å². The topological polar surface area (TPSA) is 18.5 Å². The van der Waals surface area contributed by atoms with Crippen LogP contribution in [0.1, 0.15) is 192 Å². The Hall–Kier alpha value is -1.38. The molecule has 0 radical (unpaired) electrons. The van der Waals surface area contributed by atoms with Gasteiger partial charge in [-0.15, -0.1) is 23.2 Å². The Morgan fingerprint density at radius 2 is 0.880 bits per heavy atom. The molecule has 2 aromatic carbocycles. The van der Waals surface area contributed by atoms with Crippen LogP contribution in [-0.4, -0.2) is 17.5 Å². The average Bonchev–Trinajstić information content (AvgIpc) is 3.14. The maximum Gasteiger partial charge on any atom is 0.130 e. The predicted octanol–water partition coefficient (Wildman–Crippen LogP) is 15.1. The van der Waals surface area contributed by atoms with E-state index < -0.39 is 4.33 Å². The van der Waals surface area contributed by atoms with Gasteiger partial charge in [0.15, 0.2) is 0 Å². The molecule has 2 aromatic rings. The van der Waals surface area contributed by atoms with E-state index in [1.54, 1.807) is 0 Å². The van der Waals surface area contributed by atoms with Crippen LogP contribution in [0.5, 0.6) is 11.5 Å². The SMILES string of the molecule is CCCCCCCCCCOc1ccc(C2(c3ccc(OCCCCCCCCCC)cc3)CCCCC23CC2(CCCCC2)C3(Cl)Cl)cc1. The van der Waals surface area contributed by atoms with E-state index in [1.165, 1.54) is 133 Å². The molecule has 3 fully saturated rings. The maximum atomic E-state index is 7.83. The lowest BCUT2D eigenvalue weighted by molar-refractivity contribution is -0.140. The summed E-state index contributed by atoms with van der Waals surface area (Å²) >= 11 is 15.7. The van der Waals surface area contributed by atoms with Gasteiger partial charge in [0, 0.05) is 16.2 Å². The number of benzene rings is 2. The van der Waals surface area contributed by atoms with E-state index in [-0.39, 0.29) is 16.2 Å². The highest BCUT2D eigenvalue weighted by atomic mass is 35.5. The monoisotopic (exact) mass is 724 g/mol. The molecule has 3 saturated carbocycles. The zero-order valence-corrected chi connectivity index (χ0v) is 33.5. The molecule has 0 N–H and O–H groups in total. The summed E-state index contributed by atoms with van der Waals surface area (Å²) in [5.41, 5.74) is 2.29. The molecule has 0 aliphatic heterocycles. The average molecular weight is 726 g/mol. The van der Waals surface area contributed by atoms with Gasteiger partial charge >= 0.3 is 0 Å². The standard InChI is InChI=1S/C46H70Cl2O2/c1-3-5-7-9-11-13-15-22-36-49-41-28-24-39(25-29-41)45(35-21-20-34-44(45)38-43(46(44,47)48)32-18-17-19-33-43)40-26-30-42(31-27-40)50-37-23-16-14-12-10-8-6-4-2/h24-31H,3-23,32-38H2,1-2H3. The Bertz CT molecular complexity index is 1170. The van der Waals surface area contributed by atoms with E-state index in [2.05, 4.69) is 62.4 Å². The zero-order chi connectivity index (χ0) is 35.2. The van der Waals surface area contributed by atoms with Crippen molar-refractivity contribution >= 4 is 23.2 Å². The third kappa shape index (κ3) is 8.86. The molecule has 0 heterocycles. The molecule has 0 amide bonds. The summed E-state index contributed by atoms with van der Waals surface area (Å²) in [6, 6.07) is 18.2. The van der Waals surface area contributed by atoms with Crippen LogP contribution in [0.25, 0.3) is 0 Å². The van der Waals surface area contributed by atoms with Gasteiger partial charge in [0.1, 0.15) is 15.8 Å². The van der Waals surface area contributed by atoms with Gasteiger partial charge in [-0.1, -0.05) is 160 Å². The molecular formula is C46H70Cl2O2. The molecule has 50 heavy (non-hydrogen) atoms. The minimum atomic E-state index is -0.752. The highest BCUT2D eigenvalue weighted by molar-refractivity contribution is 6.50. The smallest absolute Gasteiger partial charge is 0.130 e. The van der Waals surface area contributed by atoms with Gasteiger partial charge in [0.25, 0.3) is 0 Å². The van der Waals surface area contributed by atoms with Gasteiger partial charge < -0.3 is 9.47 Å². The number of halogens is 2. The summed E-state index contributed by atoms with van der Waals surface area (Å²) in [7, 11) is 0. The Labute approximate surface area is 317 Å². The van der Waals surface area contributed by atoms with Gasteiger partial charge in [0.05, 0.1) is 13.2 Å². The van der Waals surface area contributed by atoms with Gasteiger partial charge in [-0.2, -0.15) is 0 Å². The molecule has 0 bridgehead atoms. The van der Waals surface area contributed by atoms with Gasteiger partial charge in [-0.05, 0) is 80.3 Å². The molecule has 5 rings (SSSR count). The summed E-state index contributed by atoms with van der Waals surface area (Å²) in [5.74, 6) is 1.95. The van der Waals surface area contributed by atoms with Crippen molar-refractivity contribution < 1.29 is 9.47 Å². The van der Waals surface area contributed by atoms with E-state index >= 15 is 0 Å². The van der Waals surface area contributed by atoms with E-state index in [0.717, 1.165) is 69.7 Å². The lowest BCUT2D eigenvalue weighted by Crippen LogP contribution is -2.73. The lowest BCUT2D eigenvalue weighted by atomic mass is 9.35. The first-order valence-corrected chi connectivity index (χ1v) is 22.0. The largest absolute Gasteiger partial charge is 0.494 e. The fraction of sp³-hybridized carbons (Fsp3) is 0.739. The molecule has 280 valence electrons. The number of alkyl halides is 2. The van der Waals surface area contributed by atoms with Gasteiger partial charge in [-0.3, -0.25) is 0 Å². The Morgan fingerprint density at radius 3 is 1.32 bits per heavy atom. The number of rotatable bonds is 22. The quantitative estimate of drug-likeness (QED) is 0.0889. The minimum absolute atomic E-state index is 0.0368. The van der Waals surface area contributed by atoms with Crippen molar-refractivity contribution in [2.45, 2.75) is 191 Å². The minimum Gasteiger partial charge on any atom is -0.494 e. The second-order valence-corrected chi connectivity index (χ2v) is 17.8. The van der Waals surface area contributed by atoms with Crippen LogP contribution in [0.2, 0.25) is 0 Å². The van der Waals surface area contributed by atoms with Crippen molar-refractivity contribution in [2.24, 2.45) is 10.8 Å². The summed E-state index contributed by atoms with van der Waals surface area (Å²) in [6.07, 6.45) is 32.8. The first kappa shape index (κ1) is 39.8. The van der Waals surface area contributed by atoms with Gasteiger partial charge in [0.2, 0.25) is 0 Å².